The van der Waals surface area contributed by atoms with Crippen LogP contribution in [0.2, 0.25) is 0 Å². The smallest absolute Gasteiger partial charge is 0.340 e. The van der Waals surface area contributed by atoms with Gasteiger partial charge >= 0.3 is 5.97 Å². The number of benzene rings is 2. The summed E-state index contributed by atoms with van der Waals surface area (Å²) in [4.78, 5) is 27.7. The van der Waals surface area contributed by atoms with Crippen LogP contribution < -0.4 is 10.2 Å². The highest BCUT2D eigenvalue weighted by molar-refractivity contribution is 5.98. The molecule has 1 aromatic heterocycles. The molecule has 7 nitrogen and oxygen atoms in total. The van der Waals surface area contributed by atoms with Gasteiger partial charge in [0.1, 0.15) is 0 Å². The SMILES string of the molecule is Cc1cc(C(=O)O[C@H](C)C(=O)Nc2ccc(N3CCOCC3)cc2)c(C)n1Cc1ccccc1. The zero-order valence-electron chi connectivity index (χ0n) is 19.9. The fourth-order valence-corrected chi connectivity index (χ4v) is 4.12. The highest BCUT2D eigenvalue weighted by Gasteiger charge is 2.23. The van der Waals surface area contributed by atoms with Gasteiger partial charge in [-0.25, -0.2) is 4.79 Å². The van der Waals surface area contributed by atoms with Gasteiger partial charge in [0.2, 0.25) is 0 Å². The number of hydrogen-bond acceptors (Lipinski definition) is 5. The van der Waals surface area contributed by atoms with E-state index in [1.165, 1.54) is 0 Å². The quantitative estimate of drug-likeness (QED) is 0.535. The minimum Gasteiger partial charge on any atom is -0.449 e. The van der Waals surface area contributed by atoms with E-state index in [4.69, 9.17) is 9.47 Å². The number of aryl methyl sites for hydroxylation is 1. The van der Waals surface area contributed by atoms with Crippen LogP contribution in [0.25, 0.3) is 0 Å². The molecule has 3 aromatic rings. The fraction of sp³-hybridized carbons (Fsp3) is 0.333. The molecular weight excluding hydrogens is 430 g/mol. The molecule has 0 radical (unpaired) electrons. The highest BCUT2D eigenvalue weighted by Crippen LogP contribution is 2.21. The van der Waals surface area contributed by atoms with E-state index < -0.39 is 12.1 Å². The molecule has 7 heteroatoms. The van der Waals surface area contributed by atoms with Crippen LogP contribution in [-0.2, 0) is 20.8 Å². The highest BCUT2D eigenvalue weighted by atomic mass is 16.5. The topological polar surface area (TPSA) is 72.8 Å². The Bertz CT molecular complexity index is 1130. The zero-order valence-corrected chi connectivity index (χ0v) is 19.9. The van der Waals surface area contributed by atoms with Crippen molar-refractivity contribution in [2.75, 3.05) is 36.5 Å². The molecule has 0 unspecified atom stereocenters. The average Bonchev–Trinajstić information content (AvgIpc) is 3.14. The minimum absolute atomic E-state index is 0.370. The number of nitrogens with one attached hydrogen (secondary N) is 1. The molecule has 1 aliphatic rings. The lowest BCUT2D eigenvalue weighted by atomic mass is 10.2. The van der Waals surface area contributed by atoms with Crippen molar-refractivity contribution in [3.63, 3.8) is 0 Å². The maximum atomic E-state index is 12.8. The molecule has 2 heterocycles. The lowest BCUT2D eigenvalue weighted by molar-refractivity contribution is -0.123. The molecule has 1 amide bonds. The summed E-state index contributed by atoms with van der Waals surface area (Å²) in [6, 6.07) is 19.5. The Morgan fingerprint density at radius 2 is 1.71 bits per heavy atom. The van der Waals surface area contributed by atoms with Gasteiger partial charge in [-0.05, 0) is 56.7 Å². The summed E-state index contributed by atoms with van der Waals surface area (Å²) < 4.78 is 13.0. The summed E-state index contributed by atoms with van der Waals surface area (Å²) in [6.45, 7) is 9.25. The number of amides is 1. The number of carbonyl (C=O) groups is 2. The third kappa shape index (κ3) is 5.48. The number of aromatic nitrogens is 1. The Morgan fingerprint density at radius 1 is 1.03 bits per heavy atom. The third-order valence-corrected chi connectivity index (χ3v) is 6.14. The van der Waals surface area contributed by atoms with Crippen molar-refractivity contribution in [3.05, 3.63) is 83.2 Å². The Balaban J connectivity index is 1.36. The predicted molar refractivity (Wildman–Crippen MR) is 132 cm³/mol. The van der Waals surface area contributed by atoms with Crippen LogP contribution in [0.4, 0.5) is 11.4 Å². The van der Waals surface area contributed by atoms with Gasteiger partial charge in [0.15, 0.2) is 6.10 Å². The van der Waals surface area contributed by atoms with Crippen molar-refractivity contribution in [2.24, 2.45) is 0 Å². The van der Waals surface area contributed by atoms with E-state index in [1.54, 1.807) is 6.92 Å². The largest absolute Gasteiger partial charge is 0.449 e. The molecule has 4 rings (SSSR count). The van der Waals surface area contributed by atoms with Gasteiger partial charge in [-0.2, -0.15) is 0 Å². The van der Waals surface area contributed by atoms with Crippen LogP contribution in [0.15, 0.2) is 60.7 Å². The van der Waals surface area contributed by atoms with Gasteiger partial charge in [0, 0.05) is 42.4 Å². The van der Waals surface area contributed by atoms with Gasteiger partial charge < -0.3 is 24.3 Å². The van der Waals surface area contributed by atoms with E-state index >= 15 is 0 Å². The molecule has 1 saturated heterocycles. The second-order valence-corrected chi connectivity index (χ2v) is 8.54. The van der Waals surface area contributed by atoms with Crippen molar-refractivity contribution in [3.8, 4) is 0 Å². The zero-order chi connectivity index (χ0) is 24.1. The predicted octanol–water partition coefficient (Wildman–Crippen LogP) is 4.17. The van der Waals surface area contributed by atoms with Crippen molar-refractivity contribution in [1.29, 1.82) is 0 Å². The molecule has 2 aromatic carbocycles. The number of hydrogen-bond donors (Lipinski definition) is 1. The Hall–Kier alpha value is -3.58. The van der Waals surface area contributed by atoms with Crippen molar-refractivity contribution in [1.82, 2.24) is 4.57 Å². The first-order valence-corrected chi connectivity index (χ1v) is 11.6. The van der Waals surface area contributed by atoms with Gasteiger partial charge in [-0.15, -0.1) is 0 Å². The summed E-state index contributed by atoms with van der Waals surface area (Å²) in [5.74, 6) is -0.872. The Kier molecular flexibility index (Phi) is 7.33. The van der Waals surface area contributed by atoms with E-state index in [0.29, 0.717) is 17.8 Å². The van der Waals surface area contributed by atoms with Crippen LogP contribution >= 0.6 is 0 Å². The van der Waals surface area contributed by atoms with E-state index in [-0.39, 0.29) is 5.91 Å². The molecule has 1 aliphatic heterocycles. The number of rotatable bonds is 7. The molecule has 1 atom stereocenters. The van der Waals surface area contributed by atoms with Gasteiger partial charge in [-0.1, -0.05) is 30.3 Å². The van der Waals surface area contributed by atoms with Crippen LogP contribution in [0.3, 0.4) is 0 Å². The van der Waals surface area contributed by atoms with Gasteiger partial charge in [-0.3, -0.25) is 4.79 Å². The summed E-state index contributed by atoms with van der Waals surface area (Å²) in [7, 11) is 0. The molecule has 0 spiro atoms. The first kappa shape index (κ1) is 23.6. The monoisotopic (exact) mass is 461 g/mol. The number of esters is 1. The number of anilines is 2. The van der Waals surface area contributed by atoms with E-state index in [2.05, 4.69) is 26.9 Å². The summed E-state index contributed by atoms with van der Waals surface area (Å²) >= 11 is 0. The number of morpholine rings is 1. The lowest BCUT2D eigenvalue weighted by Crippen LogP contribution is -2.36. The standard InChI is InChI=1S/C27H31N3O4/c1-19-17-25(20(2)30(19)18-22-7-5-4-6-8-22)27(32)34-21(3)26(31)28-23-9-11-24(12-10-23)29-13-15-33-16-14-29/h4-12,17,21H,13-16,18H2,1-3H3,(H,28,31)/t21-/m1/s1. The maximum Gasteiger partial charge on any atom is 0.340 e. The number of nitrogens with zero attached hydrogens (tertiary/aromatic N) is 2. The molecule has 34 heavy (non-hydrogen) atoms. The average molecular weight is 462 g/mol. The molecule has 0 bridgehead atoms. The molecule has 1 fully saturated rings. The van der Waals surface area contributed by atoms with Crippen molar-refractivity contribution < 1.29 is 19.1 Å². The lowest BCUT2D eigenvalue weighted by Gasteiger charge is -2.28. The number of carbonyl (C=O) groups excluding carboxylic acids is 2. The summed E-state index contributed by atoms with van der Waals surface area (Å²) in [5.41, 5.74) is 5.15. The van der Waals surface area contributed by atoms with Crippen LogP contribution in [0.5, 0.6) is 0 Å². The van der Waals surface area contributed by atoms with E-state index in [0.717, 1.165) is 48.9 Å². The van der Waals surface area contributed by atoms with Crippen LogP contribution in [0.1, 0.15) is 34.2 Å². The first-order chi connectivity index (χ1) is 16.4. The number of ether oxygens (including phenoxy) is 2. The molecule has 0 saturated carbocycles. The molecule has 178 valence electrons. The third-order valence-electron chi connectivity index (χ3n) is 6.14. The van der Waals surface area contributed by atoms with Crippen molar-refractivity contribution >= 4 is 23.3 Å². The first-order valence-electron chi connectivity index (χ1n) is 11.6. The molecular formula is C27H31N3O4. The van der Waals surface area contributed by atoms with Gasteiger partial charge in [0.05, 0.1) is 18.8 Å². The Labute approximate surface area is 200 Å². The second-order valence-electron chi connectivity index (χ2n) is 8.54. The van der Waals surface area contributed by atoms with Crippen LogP contribution in [0, 0.1) is 13.8 Å². The summed E-state index contributed by atoms with van der Waals surface area (Å²) in [5, 5.41) is 2.83. The van der Waals surface area contributed by atoms with E-state index in [9.17, 15) is 9.59 Å². The summed E-state index contributed by atoms with van der Waals surface area (Å²) in [6.07, 6.45) is -0.927. The normalized spacial score (nSPS) is 14.5. The minimum atomic E-state index is -0.927. The molecule has 1 N–H and O–H groups in total. The van der Waals surface area contributed by atoms with Crippen molar-refractivity contribution in [2.45, 2.75) is 33.4 Å². The van der Waals surface area contributed by atoms with Gasteiger partial charge in [0.25, 0.3) is 5.91 Å². The maximum absolute atomic E-state index is 12.8. The van der Waals surface area contributed by atoms with E-state index in [1.807, 2.05) is 62.4 Å². The van der Waals surface area contributed by atoms with Crippen LogP contribution in [-0.4, -0.2) is 48.9 Å². The molecule has 0 aliphatic carbocycles. The second kappa shape index (κ2) is 10.6. The fourth-order valence-electron chi connectivity index (χ4n) is 4.12. The Morgan fingerprint density at radius 3 is 2.38 bits per heavy atom.